The lowest BCUT2D eigenvalue weighted by atomic mass is 10.1. The Hall–Kier alpha value is -3.10. The van der Waals surface area contributed by atoms with Gasteiger partial charge in [-0.3, -0.25) is 10.1 Å². The maximum absolute atomic E-state index is 12.4. The first-order chi connectivity index (χ1) is 13.2. The highest BCUT2D eigenvalue weighted by Crippen LogP contribution is 2.19. The van der Waals surface area contributed by atoms with Crippen molar-refractivity contribution in [1.29, 1.82) is 0 Å². The molecule has 2 aromatic rings. The van der Waals surface area contributed by atoms with Crippen molar-refractivity contribution in [3.8, 4) is 0 Å². The highest BCUT2D eigenvalue weighted by Gasteiger charge is 2.23. The molecular weight excluding hydrogens is 346 g/mol. The Bertz CT molecular complexity index is 807. The van der Waals surface area contributed by atoms with Crippen molar-refractivity contribution in [2.45, 2.75) is 38.1 Å². The summed E-state index contributed by atoms with van der Waals surface area (Å²) in [6.45, 7) is 1.88. The minimum atomic E-state index is -0.287. The van der Waals surface area contributed by atoms with Crippen LogP contribution >= 0.6 is 0 Å². The summed E-state index contributed by atoms with van der Waals surface area (Å²) in [5, 5.41) is 15.3. The van der Waals surface area contributed by atoms with E-state index in [2.05, 4.69) is 36.0 Å². The number of aromatic nitrogens is 3. The smallest absolute Gasteiger partial charge is 0.319 e. The molecule has 1 aromatic heterocycles. The van der Waals surface area contributed by atoms with E-state index in [9.17, 15) is 9.59 Å². The van der Waals surface area contributed by atoms with Crippen molar-refractivity contribution < 1.29 is 9.59 Å². The van der Waals surface area contributed by atoms with Crippen LogP contribution in [0.5, 0.6) is 0 Å². The molecule has 0 radical (unpaired) electrons. The summed E-state index contributed by atoms with van der Waals surface area (Å²) in [5.74, 6) is 0.656. The molecule has 0 atom stereocenters. The zero-order valence-corrected chi connectivity index (χ0v) is 15.0. The highest BCUT2D eigenvalue weighted by molar-refractivity contribution is 6.03. The lowest BCUT2D eigenvalue weighted by molar-refractivity contribution is 0.102. The van der Waals surface area contributed by atoms with Gasteiger partial charge in [-0.1, -0.05) is 0 Å². The number of carbonyl (C=O) groups excluding carboxylic acids is 2. The minimum absolute atomic E-state index is 0.221. The van der Waals surface area contributed by atoms with Gasteiger partial charge in [0.25, 0.3) is 5.91 Å². The molecule has 2 aliphatic rings. The molecule has 2 heterocycles. The van der Waals surface area contributed by atoms with Gasteiger partial charge in [-0.2, -0.15) is 4.98 Å². The van der Waals surface area contributed by atoms with Gasteiger partial charge in [0.05, 0.1) is 0 Å². The van der Waals surface area contributed by atoms with Gasteiger partial charge in [0, 0.05) is 30.4 Å². The molecule has 4 N–H and O–H groups in total. The van der Waals surface area contributed by atoms with Crippen molar-refractivity contribution in [2.75, 3.05) is 28.6 Å². The Morgan fingerprint density at radius 2 is 1.78 bits per heavy atom. The number of piperidine rings is 1. The Balaban J connectivity index is 1.32. The number of hydrogen-bond donors (Lipinski definition) is 4. The summed E-state index contributed by atoms with van der Waals surface area (Å²) < 4.78 is 0. The number of rotatable bonds is 5. The third-order valence-electron chi connectivity index (χ3n) is 4.66. The largest absolute Gasteiger partial charge is 0.340 e. The number of carbonyl (C=O) groups is 2. The molecule has 0 spiro atoms. The SMILES string of the molecule is O=C(Nc1ccc(C(=O)Nc2nc(N3CCCCC3)n[nH]2)cc1)NC1CC1. The predicted molar refractivity (Wildman–Crippen MR) is 102 cm³/mol. The molecule has 1 saturated heterocycles. The quantitative estimate of drug-likeness (QED) is 0.646. The summed E-state index contributed by atoms with van der Waals surface area (Å²) in [6, 6.07) is 6.78. The fourth-order valence-electron chi connectivity index (χ4n) is 3.01. The van der Waals surface area contributed by atoms with Gasteiger partial charge >= 0.3 is 6.03 Å². The fraction of sp³-hybridized carbons (Fsp3) is 0.444. The zero-order chi connectivity index (χ0) is 18.6. The van der Waals surface area contributed by atoms with Gasteiger partial charge in [-0.05, 0) is 56.4 Å². The van der Waals surface area contributed by atoms with E-state index < -0.39 is 0 Å². The number of H-pyrrole nitrogens is 1. The van der Waals surface area contributed by atoms with E-state index in [1.807, 2.05) is 0 Å². The van der Waals surface area contributed by atoms with Gasteiger partial charge in [-0.15, -0.1) is 5.10 Å². The van der Waals surface area contributed by atoms with E-state index in [1.54, 1.807) is 24.3 Å². The second-order valence-electron chi connectivity index (χ2n) is 6.94. The Kier molecular flexibility index (Phi) is 4.91. The lowest BCUT2D eigenvalue weighted by Crippen LogP contribution is -2.30. The van der Waals surface area contributed by atoms with Crippen molar-refractivity contribution in [2.24, 2.45) is 0 Å². The molecule has 9 nitrogen and oxygen atoms in total. The summed E-state index contributed by atoms with van der Waals surface area (Å²) in [4.78, 5) is 30.6. The molecule has 142 valence electrons. The van der Waals surface area contributed by atoms with E-state index in [0.29, 0.717) is 29.2 Å². The molecule has 27 heavy (non-hydrogen) atoms. The van der Waals surface area contributed by atoms with E-state index >= 15 is 0 Å². The first kappa shape index (κ1) is 17.3. The van der Waals surface area contributed by atoms with Crippen LogP contribution in [0.25, 0.3) is 0 Å². The van der Waals surface area contributed by atoms with E-state index in [0.717, 1.165) is 38.8 Å². The van der Waals surface area contributed by atoms with Gasteiger partial charge in [0.1, 0.15) is 0 Å². The average molecular weight is 369 g/mol. The van der Waals surface area contributed by atoms with Crippen molar-refractivity contribution >= 4 is 29.5 Å². The molecule has 1 aliphatic carbocycles. The van der Waals surface area contributed by atoms with Crippen LogP contribution in [-0.4, -0.2) is 46.3 Å². The fourth-order valence-corrected chi connectivity index (χ4v) is 3.01. The lowest BCUT2D eigenvalue weighted by Gasteiger charge is -2.24. The minimum Gasteiger partial charge on any atom is -0.340 e. The number of amides is 3. The molecule has 2 fully saturated rings. The number of urea groups is 1. The molecule has 3 amide bonds. The third-order valence-corrected chi connectivity index (χ3v) is 4.66. The Morgan fingerprint density at radius 3 is 2.48 bits per heavy atom. The van der Waals surface area contributed by atoms with Crippen LogP contribution < -0.4 is 20.9 Å². The molecular formula is C18H23N7O2. The van der Waals surface area contributed by atoms with E-state index in [1.165, 1.54) is 6.42 Å². The first-order valence-corrected chi connectivity index (χ1v) is 9.34. The van der Waals surface area contributed by atoms with Crippen LogP contribution in [0.3, 0.4) is 0 Å². The summed E-state index contributed by atoms with van der Waals surface area (Å²) in [6.07, 6.45) is 5.57. The summed E-state index contributed by atoms with van der Waals surface area (Å²) >= 11 is 0. The first-order valence-electron chi connectivity index (χ1n) is 9.34. The molecule has 1 aromatic carbocycles. The Morgan fingerprint density at radius 1 is 1.04 bits per heavy atom. The maximum atomic E-state index is 12.4. The standard InChI is InChI=1S/C18H23N7O2/c26-15(21-16-22-17(24-23-16)25-10-2-1-3-11-25)12-4-6-13(7-5-12)19-18(27)20-14-8-9-14/h4-7,14H,1-3,8-11H2,(H2,19,20,27)(H2,21,22,23,24,26). The monoisotopic (exact) mass is 369 g/mol. The van der Waals surface area contributed by atoms with Crippen molar-refractivity contribution in [3.63, 3.8) is 0 Å². The highest BCUT2D eigenvalue weighted by atomic mass is 16.2. The molecule has 1 aliphatic heterocycles. The molecule has 1 saturated carbocycles. The zero-order valence-electron chi connectivity index (χ0n) is 15.0. The van der Waals surface area contributed by atoms with E-state index in [4.69, 9.17) is 0 Å². The average Bonchev–Trinajstić information content (AvgIpc) is 3.37. The van der Waals surface area contributed by atoms with Gasteiger partial charge in [-0.25, -0.2) is 9.89 Å². The Labute approximate surface area is 156 Å². The topological polar surface area (TPSA) is 115 Å². The summed E-state index contributed by atoms with van der Waals surface area (Å²) in [5.41, 5.74) is 1.11. The van der Waals surface area contributed by atoms with Crippen molar-refractivity contribution in [3.05, 3.63) is 29.8 Å². The van der Waals surface area contributed by atoms with Crippen LogP contribution in [0.2, 0.25) is 0 Å². The number of anilines is 3. The van der Waals surface area contributed by atoms with Crippen molar-refractivity contribution in [1.82, 2.24) is 20.5 Å². The number of benzene rings is 1. The number of aromatic amines is 1. The number of nitrogens with one attached hydrogen (secondary N) is 4. The second kappa shape index (κ2) is 7.65. The van der Waals surface area contributed by atoms with Gasteiger partial charge in [0.15, 0.2) is 0 Å². The van der Waals surface area contributed by atoms with Crippen LogP contribution in [0, 0.1) is 0 Å². The van der Waals surface area contributed by atoms with Crippen LogP contribution in [-0.2, 0) is 0 Å². The van der Waals surface area contributed by atoms with Crippen LogP contribution in [0.4, 0.5) is 22.4 Å². The molecule has 0 bridgehead atoms. The molecule has 0 unspecified atom stereocenters. The van der Waals surface area contributed by atoms with Gasteiger partial charge in [0.2, 0.25) is 11.9 Å². The normalized spacial score (nSPS) is 16.7. The van der Waals surface area contributed by atoms with E-state index in [-0.39, 0.29) is 11.9 Å². The number of hydrogen-bond acceptors (Lipinski definition) is 5. The predicted octanol–water partition coefficient (Wildman–Crippen LogP) is 2.33. The maximum Gasteiger partial charge on any atom is 0.319 e. The molecule has 4 rings (SSSR count). The van der Waals surface area contributed by atoms with Crippen LogP contribution in [0.15, 0.2) is 24.3 Å². The summed E-state index contributed by atoms with van der Waals surface area (Å²) in [7, 11) is 0. The third kappa shape index (κ3) is 4.55. The second-order valence-corrected chi connectivity index (χ2v) is 6.94. The van der Waals surface area contributed by atoms with Gasteiger partial charge < -0.3 is 15.5 Å². The van der Waals surface area contributed by atoms with Crippen LogP contribution in [0.1, 0.15) is 42.5 Å². The number of nitrogens with zero attached hydrogens (tertiary/aromatic N) is 3. The molecule has 9 heteroatoms.